The Morgan fingerprint density at radius 3 is 2.81 bits per heavy atom. The first-order valence-corrected chi connectivity index (χ1v) is 10.9. The summed E-state index contributed by atoms with van der Waals surface area (Å²) in [4.78, 5) is 23.1. The van der Waals surface area contributed by atoms with Gasteiger partial charge in [0, 0.05) is 54.8 Å². The predicted octanol–water partition coefficient (Wildman–Crippen LogP) is 2.52. The van der Waals surface area contributed by atoms with E-state index in [9.17, 15) is 4.79 Å². The number of primary amides is 1. The number of aromatic nitrogens is 4. The monoisotopic (exact) mass is 431 g/mol. The minimum absolute atomic E-state index is 0.225. The lowest BCUT2D eigenvalue weighted by atomic mass is 9.97. The Morgan fingerprint density at radius 2 is 2.09 bits per heavy atom. The molecule has 3 aromatic heterocycles. The summed E-state index contributed by atoms with van der Waals surface area (Å²) in [6, 6.07) is 10.9. The highest BCUT2D eigenvalue weighted by molar-refractivity contribution is 5.93. The highest BCUT2D eigenvalue weighted by Crippen LogP contribution is 2.37. The standard InChI is InChI=1S/C22H25N9O/c23-6-2-8-31-14-4-5-15(31)10-13(9-14)26-22-16-3-1-7-25-17(16)11-19(28-22)27-20-12-18(21(24)32)29-30-20/h1,3,7,11-15H,2,4-5,8-10H2,(H2,24,32)(H3,26,27,28,29,30)/t13?,14-,15+. The molecular weight excluding hydrogens is 406 g/mol. The average Bonchev–Trinajstić information content (AvgIpc) is 3.34. The molecule has 2 saturated heterocycles. The van der Waals surface area contributed by atoms with E-state index in [1.54, 1.807) is 12.3 Å². The molecule has 10 heteroatoms. The molecule has 5 N–H and O–H groups in total. The second-order valence-corrected chi connectivity index (χ2v) is 8.43. The number of pyridine rings is 2. The number of amides is 1. The van der Waals surface area contributed by atoms with E-state index in [-0.39, 0.29) is 5.69 Å². The molecule has 1 amide bonds. The van der Waals surface area contributed by atoms with Crippen molar-refractivity contribution in [2.75, 3.05) is 17.2 Å². The number of nitrogens with zero attached hydrogens (tertiary/aromatic N) is 5. The van der Waals surface area contributed by atoms with Gasteiger partial charge in [-0.1, -0.05) is 0 Å². The van der Waals surface area contributed by atoms with Crippen LogP contribution in [0.25, 0.3) is 10.9 Å². The average molecular weight is 432 g/mol. The molecule has 1 unspecified atom stereocenters. The highest BCUT2D eigenvalue weighted by atomic mass is 16.1. The van der Waals surface area contributed by atoms with Crippen molar-refractivity contribution in [3.63, 3.8) is 0 Å². The fraction of sp³-hybridized carbons (Fsp3) is 0.409. The third-order valence-corrected chi connectivity index (χ3v) is 6.41. The fourth-order valence-electron chi connectivity index (χ4n) is 5.02. The first-order chi connectivity index (χ1) is 15.6. The molecule has 0 aromatic carbocycles. The van der Waals surface area contributed by atoms with Crippen molar-refractivity contribution in [1.82, 2.24) is 25.1 Å². The molecule has 32 heavy (non-hydrogen) atoms. The molecule has 0 aliphatic carbocycles. The number of H-pyrrole nitrogens is 1. The summed E-state index contributed by atoms with van der Waals surface area (Å²) in [7, 11) is 0. The van der Waals surface area contributed by atoms with Crippen molar-refractivity contribution in [3.05, 3.63) is 36.2 Å². The van der Waals surface area contributed by atoms with E-state index in [2.05, 4.69) is 36.8 Å². The van der Waals surface area contributed by atoms with Crippen LogP contribution in [0.3, 0.4) is 0 Å². The highest BCUT2D eigenvalue weighted by Gasteiger charge is 2.40. The molecule has 10 nitrogen and oxygen atoms in total. The van der Waals surface area contributed by atoms with Gasteiger partial charge in [-0.25, -0.2) is 4.98 Å². The maximum Gasteiger partial charge on any atom is 0.266 e. The Kier molecular flexibility index (Phi) is 5.33. The van der Waals surface area contributed by atoms with Crippen LogP contribution in [0, 0.1) is 11.3 Å². The molecule has 5 heterocycles. The van der Waals surface area contributed by atoms with Crippen molar-refractivity contribution in [3.8, 4) is 6.07 Å². The molecule has 2 aliphatic heterocycles. The topological polar surface area (TPSA) is 149 Å². The van der Waals surface area contributed by atoms with E-state index in [4.69, 9.17) is 16.0 Å². The van der Waals surface area contributed by atoms with Gasteiger partial charge in [0.2, 0.25) is 0 Å². The predicted molar refractivity (Wildman–Crippen MR) is 120 cm³/mol. The van der Waals surface area contributed by atoms with Crippen molar-refractivity contribution in [2.24, 2.45) is 5.73 Å². The number of piperidine rings is 1. The molecule has 0 saturated carbocycles. The van der Waals surface area contributed by atoms with Crippen LogP contribution in [0.4, 0.5) is 17.5 Å². The summed E-state index contributed by atoms with van der Waals surface area (Å²) < 4.78 is 0. The van der Waals surface area contributed by atoms with Crippen LogP contribution in [-0.2, 0) is 0 Å². The van der Waals surface area contributed by atoms with Crippen molar-refractivity contribution < 1.29 is 4.79 Å². The molecule has 5 rings (SSSR count). The van der Waals surface area contributed by atoms with E-state index in [0.717, 1.165) is 36.1 Å². The number of hydrogen-bond donors (Lipinski definition) is 4. The zero-order valence-electron chi connectivity index (χ0n) is 17.6. The summed E-state index contributed by atoms with van der Waals surface area (Å²) in [5, 5.41) is 23.4. The van der Waals surface area contributed by atoms with Gasteiger partial charge in [-0.05, 0) is 37.8 Å². The molecule has 0 spiro atoms. The Balaban J connectivity index is 1.37. The maximum absolute atomic E-state index is 11.3. The van der Waals surface area contributed by atoms with E-state index < -0.39 is 5.91 Å². The van der Waals surface area contributed by atoms with Gasteiger partial charge in [-0.3, -0.25) is 19.8 Å². The van der Waals surface area contributed by atoms with Gasteiger partial charge in [-0.2, -0.15) is 10.4 Å². The Labute approximate surface area is 185 Å². The van der Waals surface area contributed by atoms with Crippen LogP contribution in [-0.4, -0.2) is 55.6 Å². The molecule has 3 aromatic rings. The Bertz CT molecular complexity index is 1170. The van der Waals surface area contributed by atoms with E-state index in [1.807, 2.05) is 18.2 Å². The quantitative estimate of drug-likeness (QED) is 0.446. The van der Waals surface area contributed by atoms with Crippen molar-refractivity contribution in [1.29, 1.82) is 5.26 Å². The van der Waals surface area contributed by atoms with Crippen LogP contribution in [0.1, 0.15) is 42.6 Å². The van der Waals surface area contributed by atoms with Gasteiger partial charge in [0.15, 0.2) is 5.82 Å². The van der Waals surface area contributed by atoms with Gasteiger partial charge in [0.05, 0.1) is 11.6 Å². The van der Waals surface area contributed by atoms with Gasteiger partial charge >= 0.3 is 0 Å². The molecule has 2 bridgehead atoms. The van der Waals surface area contributed by atoms with Gasteiger partial charge < -0.3 is 16.4 Å². The van der Waals surface area contributed by atoms with Crippen LogP contribution in [0.15, 0.2) is 30.5 Å². The number of nitrogens with two attached hydrogens (primary N) is 1. The summed E-state index contributed by atoms with van der Waals surface area (Å²) >= 11 is 0. The molecule has 3 atom stereocenters. The molecular formula is C22H25N9O. The zero-order chi connectivity index (χ0) is 22.1. The summed E-state index contributed by atoms with van der Waals surface area (Å²) in [6.45, 7) is 0.861. The van der Waals surface area contributed by atoms with E-state index >= 15 is 0 Å². The van der Waals surface area contributed by atoms with Crippen LogP contribution in [0.5, 0.6) is 0 Å². The van der Waals surface area contributed by atoms with Crippen LogP contribution < -0.4 is 16.4 Å². The summed E-state index contributed by atoms with van der Waals surface area (Å²) in [6.07, 6.45) is 6.78. The summed E-state index contributed by atoms with van der Waals surface area (Å²) in [5.74, 6) is 1.24. The lowest BCUT2D eigenvalue weighted by Crippen LogP contribution is -2.47. The van der Waals surface area contributed by atoms with Crippen LogP contribution in [0.2, 0.25) is 0 Å². The third-order valence-electron chi connectivity index (χ3n) is 6.41. The van der Waals surface area contributed by atoms with Crippen LogP contribution >= 0.6 is 0 Å². The number of nitriles is 1. The smallest absolute Gasteiger partial charge is 0.266 e. The molecule has 2 fully saturated rings. The minimum Gasteiger partial charge on any atom is -0.367 e. The largest absolute Gasteiger partial charge is 0.367 e. The summed E-state index contributed by atoms with van der Waals surface area (Å²) in [5.41, 5.74) is 6.33. The zero-order valence-corrected chi connectivity index (χ0v) is 17.6. The second kappa shape index (κ2) is 8.43. The second-order valence-electron chi connectivity index (χ2n) is 8.43. The number of carbonyl (C=O) groups excluding carboxylic acids is 1. The molecule has 164 valence electrons. The first kappa shape index (κ1) is 20.2. The lowest BCUT2D eigenvalue weighted by Gasteiger charge is -2.39. The Hall–Kier alpha value is -3.71. The van der Waals surface area contributed by atoms with E-state index in [0.29, 0.717) is 36.2 Å². The number of anilines is 3. The number of fused-ring (bicyclic) bond motifs is 3. The van der Waals surface area contributed by atoms with Gasteiger partial charge in [0.1, 0.15) is 17.3 Å². The number of aromatic amines is 1. The third kappa shape index (κ3) is 3.94. The number of hydrogen-bond acceptors (Lipinski definition) is 8. The molecule has 0 radical (unpaired) electrons. The maximum atomic E-state index is 11.3. The SMILES string of the molecule is N#CCCN1[C@@H]2CC[C@H]1CC(Nc1nc(Nc3cc(C(N)=O)[nH]n3)cc3ncccc13)C2. The van der Waals surface area contributed by atoms with E-state index in [1.165, 1.54) is 12.8 Å². The lowest BCUT2D eigenvalue weighted by molar-refractivity contribution is 0.0995. The first-order valence-electron chi connectivity index (χ1n) is 10.9. The number of carbonyl (C=O) groups is 1. The molecule has 2 aliphatic rings. The van der Waals surface area contributed by atoms with Crippen molar-refractivity contribution >= 4 is 34.3 Å². The Morgan fingerprint density at radius 1 is 1.28 bits per heavy atom. The van der Waals surface area contributed by atoms with Crippen molar-refractivity contribution in [2.45, 2.75) is 50.2 Å². The fourth-order valence-corrected chi connectivity index (χ4v) is 5.02. The number of rotatable bonds is 7. The normalized spacial score (nSPS) is 22.5. The van der Waals surface area contributed by atoms with Gasteiger partial charge in [0.25, 0.3) is 5.91 Å². The number of nitrogens with one attached hydrogen (secondary N) is 3. The minimum atomic E-state index is -0.572. The van der Waals surface area contributed by atoms with Gasteiger partial charge in [-0.15, -0.1) is 0 Å².